The molecule has 0 spiro atoms. The van der Waals surface area contributed by atoms with E-state index in [1.54, 1.807) is 0 Å². The second kappa shape index (κ2) is 8.62. The number of hydrogen-bond donors (Lipinski definition) is 1. The number of para-hydroxylation sites is 1. The van der Waals surface area contributed by atoms with Gasteiger partial charge in [0.1, 0.15) is 5.75 Å². The van der Waals surface area contributed by atoms with E-state index in [-0.39, 0.29) is 0 Å². The number of benzene rings is 1. The molecule has 112 valence electrons. The second-order valence-electron chi connectivity index (χ2n) is 5.31. The fourth-order valence-electron chi connectivity index (χ4n) is 2.48. The molecule has 3 heteroatoms. The number of ether oxygens (including phenoxy) is 1. The summed E-state index contributed by atoms with van der Waals surface area (Å²) in [5.74, 6) is 0.187. The van der Waals surface area contributed by atoms with Crippen LogP contribution in [0.25, 0.3) is 0 Å². The molecule has 1 N–H and O–H groups in total. The molecule has 1 atom stereocenters. The largest absolute Gasteiger partial charge is 0.494 e. The summed E-state index contributed by atoms with van der Waals surface area (Å²) in [6, 6.07) is 9.65. The minimum Gasteiger partial charge on any atom is -0.494 e. The number of rotatable bonds is 10. The van der Waals surface area contributed by atoms with E-state index in [0.29, 0.717) is 19.4 Å². The maximum Gasteiger partial charge on any atom is 0.309 e. The number of carboxylic acids is 1. The predicted octanol–water partition coefficient (Wildman–Crippen LogP) is 4.52. The molecule has 0 saturated heterocycles. The van der Waals surface area contributed by atoms with Crippen molar-refractivity contribution in [3.8, 4) is 5.75 Å². The van der Waals surface area contributed by atoms with Crippen molar-refractivity contribution in [1.29, 1.82) is 0 Å². The SMILES string of the molecule is CCCCC(CC)(CCCOc1ccccc1)C(=O)O. The number of unbranched alkanes of at least 4 members (excludes halogenated alkanes) is 1. The molecule has 20 heavy (non-hydrogen) atoms. The topological polar surface area (TPSA) is 46.5 Å². The van der Waals surface area contributed by atoms with Gasteiger partial charge in [-0.15, -0.1) is 0 Å². The molecule has 3 nitrogen and oxygen atoms in total. The maximum absolute atomic E-state index is 11.6. The molecule has 0 aromatic heterocycles. The molecule has 0 fully saturated rings. The van der Waals surface area contributed by atoms with Gasteiger partial charge in [-0.1, -0.05) is 44.9 Å². The van der Waals surface area contributed by atoms with E-state index in [2.05, 4.69) is 6.92 Å². The molecular formula is C17H26O3. The number of aliphatic carboxylic acids is 1. The molecule has 1 unspecified atom stereocenters. The highest BCUT2D eigenvalue weighted by Crippen LogP contribution is 2.34. The Kier molecular flexibility index (Phi) is 7.13. The molecule has 0 saturated carbocycles. The molecule has 0 aliphatic heterocycles. The lowest BCUT2D eigenvalue weighted by atomic mass is 9.76. The van der Waals surface area contributed by atoms with Crippen molar-refractivity contribution in [2.24, 2.45) is 5.41 Å². The van der Waals surface area contributed by atoms with E-state index in [4.69, 9.17) is 4.74 Å². The molecular weight excluding hydrogens is 252 g/mol. The minimum atomic E-state index is -0.659. The van der Waals surface area contributed by atoms with Gasteiger partial charge in [0.15, 0.2) is 0 Å². The summed E-state index contributed by atoms with van der Waals surface area (Å²) in [5, 5.41) is 9.53. The van der Waals surface area contributed by atoms with Crippen LogP contribution >= 0.6 is 0 Å². The first-order chi connectivity index (χ1) is 9.64. The first-order valence-corrected chi connectivity index (χ1v) is 7.56. The molecule has 0 bridgehead atoms. The first kappa shape index (κ1) is 16.5. The lowest BCUT2D eigenvalue weighted by Gasteiger charge is -2.28. The van der Waals surface area contributed by atoms with Gasteiger partial charge in [0, 0.05) is 0 Å². The van der Waals surface area contributed by atoms with Gasteiger partial charge in [-0.25, -0.2) is 0 Å². The lowest BCUT2D eigenvalue weighted by Crippen LogP contribution is -2.31. The van der Waals surface area contributed by atoms with Gasteiger partial charge in [-0.2, -0.15) is 0 Å². The summed E-state index contributed by atoms with van der Waals surface area (Å²) in [5.41, 5.74) is -0.573. The smallest absolute Gasteiger partial charge is 0.309 e. The van der Waals surface area contributed by atoms with E-state index >= 15 is 0 Å². The Morgan fingerprint density at radius 2 is 1.80 bits per heavy atom. The minimum absolute atomic E-state index is 0.573. The Hall–Kier alpha value is -1.51. The van der Waals surface area contributed by atoms with Gasteiger partial charge < -0.3 is 9.84 Å². The molecule has 0 heterocycles. The van der Waals surface area contributed by atoms with Crippen LogP contribution in [0.2, 0.25) is 0 Å². The zero-order valence-electron chi connectivity index (χ0n) is 12.6. The summed E-state index contributed by atoms with van der Waals surface area (Å²) < 4.78 is 5.64. The molecule has 1 aromatic carbocycles. The summed E-state index contributed by atoms with van der Waals surface area (Å²) >= 11 is 0. The van der Waals surface area contributed by atoms with Crippen LogP contribution in [0.15, 0.2) is 30.3 Å². The zero-order valence-corrected chi connectivity index (χ0v) is 12.6. The normalized spacial score (nSPS) is 13.7. The first-order valence-electron chi connectivity index (χ1n) is 7.56. The third-order valence-electron chi connectivity index (χ3n) is 3.95. The van der Waals surface area contributed by atoms with Crippen LogP contribution in [0, 0.1) is 5.41 Å². The zero-order chi connectivity index (χ0) is 14.8. The Bertz CT molecular complexity index is 388. The van der Waals surface area contributed by atoms with Crippen LogP contribution < -0.4 is 4.74 Å². The Morgan fingerprint density at radius 1 is 1.15 bits per heavy atom. The number of carboxylic acid groups (broad SMARTS) is 1. The molecule has 1 aromatic rings. The van der Waals surface area contributed by atoms with Crippen molar-refractivity contribution < 1.29 is 14.6 Å². The highest BCUT2D eigenvalue weighted by atomic mass is 16.5. The number of hydrogen-bond acceptors (Lipinski definition) is 2. The number of carbonyl (C=O) groups is 1. The van der Waals surface area contributed by atoms with Crippen LogP contribution in [-0.4, -0.2) is 17.7 Å². The third kappa shape index (κ3) is 4.87. The van der Waals surface area contributed by atoms with Crippen molar-refractivity contribution in [2.75, 3.05) is 6.61 Å². The van der Waals surface area contributed by atoms with Gasteiger partial charge in [0.2, 0.25) is 0 Å². The Balaban J connectivity index is 2.44. The van der Waals surface area contributed by atoms with Gasteiger partial charge in [-0.3, -0.25) is 4.79 Å². The van der Waals surface area contributed by atoms with E-state index in [0.717, 1.165) is 31.4 Å². The van der Waals surface area contributed by atoms with Gasteiger partial charge in [0.25, 0.3) is 0 Å². The standard InChI is InChI=1S/C17H26O3/c1-3-5-12-17(4-2,16(18)19)13-9-14-20-15-10-7-6-8-11-15/h6-8,10-11H,3-5,9,12-14H2,1-2H3,(H,18,19). The average Bonchev–Trinajstić information content (AvgIpc) is 2.47. The predicted molar refractivity (Wildman–Crippen MR) is 81.1 cm³/mol. The Morgan fingerprint density at radius 3 is 2.35 bits per heavy atom. The molecule has 1 rings (SSSR count). The van der Waals surface area contributed by atoms with Crippen molar-refractivity contribution in [3.63, 3.8) is 0 Å². The summed E-state index contributed by atoms with van der Waals surface area (Å²) in [4.78, 5) is 11.6. The van der Waals surface area contributed by atoms with Crippen LogP contribution in [-0.2, 0) is 4.79 Å². The quantitative estimate of drug-likeness (QED) is 0.640. The van der Waals surface area contributed by atoms with Crippen molar-refractivity contribution in [2.45, 2.75) is 52.4 Å². The van der Waals surface area contributed by atoms with Crippen LogP contribution in [0.5, 0.6) is 5.75 Å². The van der Waals surface area contributed by atoms with E-state index in [9.17, 15) is 9.90 Å². The molecule has 0 amide bonds. The second-order valence-corrected chi connectivity index (χ2v) is 5.31. The monoisotopic (exact) mass is 278 g/mol. The highest BCUT2D eigenvalue weighted by molar-refractivity contribution is 5.74. The van der Waals surface area contributed by atoms with E-state index in [1.807, 2.05) is 37.3 Å². The van der Waals surface area contributed by atoms with Gasteiger partial charge in [-0.05, 0) is 37.8 Å². The third-order valence-corrected chi connectivity index (χ3v) is 3.95. The summed E-state index contributed by atoms with van der Waals surface area (Å²) in [6.07, 6.45) is 4.92. The van der Waals surface area contributed by atoms with Crippen LogP contribution in [0.4, 0.5) is 0 Å². The lowest BCUT2D eigenvalue weighted by molar-refractivity contribution is -0.150. The summed E-state index contributed by atoms with van der Waals surface area (Å²) in [6.45, 7) is 4.65. The van der Waals surface area contributed by atoms with Crippen molar-refractivity contribution >= 4 is 5.97 Å². The fourth-order valence-corrected chi connectivity index (χ4v) is 2.48. The highest BCUT2D eigenvalue weighted by Gasteiger charge is 2.35. The van der Waals surface area contributed by atoms with Gasteiger partial charge >= 0.3 is 5.97 Å². The van der Waals surface area contributed by atoms with Gasteiger partial charge in [0.05, 0.1) is 12.0 Å². The maximum atomic E-state index is 11.6. The van der Waals surface area contributed by atoms with Crippen molar-refractivity contribution in [3.05, 3.63) is 30.3 Å². The van der Waals surface area contributed by atoms with E-state index in [1.165, 1.54) is 0 Å². The molecule has 0 aliphatic rings. The molecule has 0 radical (unpaired) electrons. The molecule has 0 aliphatic carbocycles. The van der Waals surface area contributed by atoms with E-state index < -0.39 is 11.4 Å². The summed E-state index contributed by atoms with van der Waals surface area (Å²) in [7, 11) is 0. The van der Waals surface area contributed by atoms with Crippen LogP contribution in [0.3, 0.4) is 0 Å². The van der Waals surface area contributed by atoms with Crippen LogP contribution in [0.1, 0.15) is 52.4 Å². The van der Waals surface area contributed by atoms with Crippen molar-refractivity contribution in [1.82, 2.24) is 0 Å². The fraction of sp³-hybridized carbons (Fsp3) is 0.588. The average molecular weight is 278 g/mol. The Labute approximate surface area is 122 Å².